The summed E-state index contributed by atoms with van der Waals surface area (Å²) in [6.07, 6.45) is -5.25. The maximum atomic E-state index is 13.4. The van der Waals surface area contributed by atoms with Crippen LogP contribution in [0.15, 0.2) is 12.3 Å². The first-order valence-corrected chi connectivity index (χ1v) is 15.5. The molecule has 1 aliphatic heterocycles. The van der Waals surface area contributed by atoms with Gasteiger partial charge in [-0.3, -0.25) is 13.9 Å². The number of nitrogens with one attached hydrogen (secondary N) is 1. The van der Waals surface area contributed by atoms with Crippen LogP contribution in [0.2, 0.25) is 5.15 Å². The van der Waals surface area contributed by atoms with E-state index >= 15 is 0 Å². The normalized spacial score (nSPS) is 28.4. The number of sulfone groups is 1. The lowest BCUT2D eigenvalue weighted by molar-refractivity contribution is -0.147. The molecule has 214 valence electrons. The maximum Gasteiger partial charge on any atom is 0.346 e. The molecule has 4 N–H and O–H groups in total. The monoisotopic (exact) mass is 610 g/mol. The lowest BCUT2D eigenvalue weighted by atomic mass is 9.90. The summed E-state index contributed by atoms with van der Waals surface area (Å²) in [5.74, 6) is -1.76. The van der Waals surface area contributed by atoms with Gasteiger partial charge in [0.15, 0.2) is 26.7 Å². The Morgan fingerprint density at radius 2 is 2.10 bits per heavy atom. The molecule has 5 atom stereocenters. The van der Waals surface area contributed by atoms with Gasteiger partial charge in [0.1, 0.15) is 41.8 Å². The van der Waals surface area contributed by atoms with E-state index in [1.807, 2.05) is 6.07 Å². The summed E-state index contributed by atoms with van der Waals surface area (Å²) < 4.78 is 66.4. The fourth-order valence-electron chi connectivity index (χ4n) is 4.34. The molecule has 14 nitrogen and oxygen atoms in total. The van der Waals surface area contributed by atoms with Gasteiger partial charge in [0.25, 0.3) is 0 Å². The number of pyridine rings is 1. The van der Waals surface area contributed by atoms with Gasteiger partial charge in [-0.2, -0.15) is 5.26 Å². The second-order valence-electron chi connectivity index (χ2n) is 9.24. The van der Waals surface area contributed by atoms with Gasteiger partial charge in [0, 0.05) is 24.5 Å². The van der Waals surface area contributed by atoms with Crippen molar-refractivity contribution in [3.05, 3.63) is 23.0 Å². The van der Waals surface area contributed by atoms with Gasteiger partial charge in [0.2, 0.25) is 6.79 Å². The predicted molar refractivity (Wildman–Crippen MR) is 133 cm³/mol. The summed E-state index contributed by atoms with van der Waals surface area (Å²) in [6.45, 7) is 0.0902. The zero-order chi connectivity index (χ0) is 28.7. The number of hydrogen-bond acceptors (Lipinski definition) is 12. The standard InChI is InChI=1S/C21H25ClFN4O10PS/c1-10(28)35-8-36-38(31,32)9-39(33,34)7-15-17(29)18(30)21(37-15)27-3-2-13-16(25-12-4-11(23)5-12)14(6-24)19(22)26-20(13)27/h2-3,11-12,15,17-18,21,29-30H,4-5,7-9H2,1H3,(H,25,26)(H,31,32)/t11?,12?,15-,17-,18-,21-/m1/s1. The van der Waals surface area contributed by atoms with Crippen molar-refractivity contribution in [2.24, 2.45) is 0 Å². The zero-order valence-corrected chi connectivity index (χ0v) is 22.8. The van der Waals surface area contributed by atoms with Crippen molar-refractivity contribution in [2.75, 3.05) is 23.4 Å². The van der Waals surface area contributed by atoms with E-state index in [0.29, 0.717) is 11.1 Å². The third kappa shape index (κ3) is 6.53. The minimum absolute atomic E-state index is 0.0328. The van der Waals surface area contributed by atoms with Gasteiger partial charge in [0.05, 0.1) is 11.4 Å². The number of anilines is 1. The molecule has 1 saturated heterocycles. The molecule has 2 aromatic heterocycles. The number of aromatic nitrogens is 2. The Kier molecular flexibility index (Phi) is 8.56. The van der Waals surface area contributed by atoms with E-state index in [0.717, 1.165) is 6.92 Å². The summed E-state index contributed by atoms with van der Waals surface area (Å²) in [6, 6.07) is 3.27. The summed E-state index contributed by atoms with van der Waals surface area (Å²) in [7, 11) is -9.14. The largest absolute Gasteiger partial charge is 0.438 e. The van der Waals surface area contributed by atoms with Crippen molar-refractivity contribution in [1.82, 2.24) is 9.55 Å². The number of aliphatic hydroxyl groups is 2. The van der Waals surface area contributed by atoms with Crippen LogP contribution in [-0.4, -0.2) is 87.6 Å². The predicted octanol–water partition coefficient (Wildman–Crippen LogP) is 1.19. The van der Waals surface area contributed by atoms with Gasteiger partial charge < -0.3 is 34.5 Å². The van der Waals surface area contributed by atoms with Crippen LogP contribution >= 0.6 is 19.2 Å². The Labute approximate surface area is 226 Å². The Morgan fingerprint density at radius 1 is 1.41 bits per heavy atom. The molecule has 0 bridgehead atoms. The van der Waals surface area contributed by atoms with Gasteiger partial charge in [-0.25, -0.2) is 17.8 Å². The lowest BCUT2D eigenvalue weighted by Crippen LogP contribution is -2.36. The summed E-state index contributed by atoms with van der Waals surface area (Å²) in [4.78, 5) is 24.8. The SMILES string of the molecule is CC(=O)OCOP(=O)(O)CS(=O)(=O)C[C@H]1O[C@@H](n2ccc3c(NC4CC(F)C4)c(C#N)c(Cl)nc32)[C@H](O)[C@@H]1O. The van der Waals surface area contributed by atoms with Gasteiger partial charge >= 0.3 is 13.6 Å². The highest BCUT2D eigenvalue weighted by Gasteiger charge is 2.47. The average Bonchev–Trinajstić information content (AvgIpc) is 3.32. The Balaban J connectivity index is 1.54. The van der Waals surface area contributed by atoms with E-state index < -0.39 is 72.2 Å². The number of esters is 1. The molecule has 4 rings (SSSR count). The van der Waals surface area contributed by atoms with E-state index in [9.17, 15) is 42.5 Å². The number of carbonyl (C=O) groups excluding carboxylic acids is 1. The fourth-order valence-corrected chi connectivity index (χ4v) is 8.26. The Morgan fingerprint density at radius 3 is 2.72 bits per heavy atom. The molecule has 0 amide bonds. The van der Waals surface area contributed by atoms with E-state index in [4.69, 9.17) is 16.3 Å². The van der Waals surface area contributed by atoms with Crippen LogP contribution in [0.5, 0.6) is 0 Å². The van der Waals surface area contributed by atoms with Crippen LogP contribution in [0, 0.1) is 11.3 Å². The number of nitrogens with zero attached hydrogens (tertiary/aromatic N) is 3. The Bertz CT molecular complexity index is 1460. The molecule has 1 unspecified atom stereocenters. The molecule has 1 saturated carbocycles. The van der Waals surface area contributed by atoms with Crippen molar-refractivity contribution >= 4 is 51.7 Å². The number of hydrogen-bond donors (Lipinski definition) is 4. The van der Waals surface area contributed by atoms with Crippen LogP contribution in [0.1, 0.15) is 31.6 Å². The van der Waals surface area contributed by atoms with Crippen molar-refractivity contribution in [1.29, 1.82) is 5.26 Å². The van der Waals surface area contributed by atoms with Crippen LogP contribution in [0.25, 0.3) is 11.0 Å². The second kappa shape index (κ2) is 11.3. The van der Waals surface area contributed by atoms with Crippen LogP contribution < -0.4 is 5.32 Å². The Hall–Kier alpha value is -2.35. The highest BCUT2D eigenvalue weighted by molar-refractivity contribution is 7.97. The number of rotatable bonds is 10. The van der Waals surface area contributed by atoms with Gasteiger partial charge in [-0.05, 0) is 18.9 Å². The summed E-state index contributed by atoms with van der Waals surface area (Å²) in [5, 5.41) is 34.1. The fraction of sp³-hybridized carbons (Fsp3) is 0.571. The first-order chi connectivity index (χ1) is 18.2. The minimum Gasteiger partial charge on any atom is -0.438 e. The molecular weight excluding hydrogens is 586 g/mol. The minimum atomic E-state index is -4.74. The zero-order valence-electron chi connectivity index (χ0n) is 20.3. The number of fused-ring (bicyclic) bond motifs is 1. The molecule has 0 spiro atoms. The summed E-state index contributed by atoms with van der Waals surface area (Å²) >= 11 is 6.23. The van der Waals surface area contributed by atoms with Crippen LogP contribution in [0.4, 0.5) is 10.1 Å². The molecule has 2 aliphatic rings. The molecule has 18 heteroatoms. The quantitative estimate of drug-likeness (QED) is 0.129. The van der Waals surface area contributed by atoms with Crippen molar-refractivity contribution < 1.29 is 51.3 Å². The van der Waals surface area contributed by atoms with Crippen LogP contribution in [-0.2, 0) is 33.2 Å². The topological polar surface area (TPSA) is 210 Å². The van der Waals surface area contributed by atoms with Crippen LogP contribution in [0.3, 0.4) is 0 Å². The average molecular weight is 611 g/mol. The maximum absolute atomic E-state index is 13.4. The molecule has 2 fully saturated rings. The highest BCUT2D eigenvalue weighted by Crippen LogP contribution is 2.44. The molecule has 0 aromatic carbocycles. The molecular formula is C21H25ClFN4O10PS. The van der Waals surface area contributed by atoms with Crippen molar-refractivity contribution in [2.45, 2.75) is 56.5 Å². The summed E-state index contributed by atoms with van der Waals surface area (Å²) in [5.41, 5.74) is -0.880. The molecule has 3 heterocycles. The van der Waals surface area contributed by atoms with E-state index in [2.05, 4.69) is 19.6 Å². The second-order valence-corrected chi connectivity index (χ2v) is 14.0. The van der Waals surface area contributed by atoms with E-state index in [-0.39, 0.29) is 35.2 Å². The first kappa shape index (κ1) is 29.6. The van der Waals surface area contributed by atoms with E-state index in [1.165, 1.54) is 10.8 Å². The number of alkyl halides is 1. The number of nitriles is 1. The van der Waals surface area contributed by atoms with Crippen molar-refractivity contribution in [3.63, 3.8) is 0 Å². The van der Waals surface area contributed by atoms with Gasteiger partial charge in [-0.15, -0.1) is 0 Å². The first-order valence-electron chi connectivity index (χ1n) is 11.5. The highest BCUT2D eigenvalue weighted by atomic mass is 35.5. The molecule has 39 heavy (non-hydrogen) atoms. The van der Waals surface area contributed by atoms with Gasteiger partial charge in [-0.1, -0.05) is 11.6 Å². The molecule has 2 aromatic rings. The van der Waals surface area contributed by atoms with Crippen molar-refractivity contribution in [3.8, 4) is 6.07 Å². The number of ether oxygens (including phenoxy) is 2. The third-order valence-corrected chi connectivity index (χ3v) is 10.8. The molecule has 0 radical (unpaired) electrons. The molecule has 1 aliphatic carbocycles. The third-order valence-electron chi connectivity index (χ3n) is 6.26. The van der Waals surface area contributed by atoms with E-state index in [1.54, 1.807) is 6.07 Å². The number of carbonyl (C=O) groups is 1. The number of halogens is 2. The number of aliphatic hydroxyl groups excluding tert-OH is 2. The lowest BCUT2D eigenvalue weighted by Gasteiger charge is -2.31. The smallest absolute Gasteiger partial charge is 0.346 e.